The van der Waals surface area contributed by atoms with Gasteiger partial charge in [0.2, 0.25) is 0 Å². The summed E-state index contributed by atoms with van der Waals surface area (Å²) in [5.41, 5.74) is 6.00. The van der Waals surface area contributed by atoms with Gasteiger partial charge in [-0.15, -0.1) is 0 Å². The molecular formula is C31H32N2O3S. The van der Waals surface area contributed by atoms with Gasteiger partial charge in [-0.3, -0.25) is 9.59 Å². The summed E-state index contributed by atoms with van der Waals surface area (Å²) in [5.74, 6) is -0.406. The average molecular weight is 513 g/mol. The van der Waals surface area contributed by atoms with Crippen LogP contribution in [0.5, 0.6) is 0 Å². The third-order valence-corrected chi connectivity index (χ3v) is 8.72. The number of carbonyl (C=O) groups is 2. The monoisotopic (exact) mass is 512 g/mol. The minimum Gasteiger partial charge on any atom is -0.352 e. The Labute approximate surface area is 221 Å². The van der Waals surface area contributed by atoms with Crippen LogP contribution >= 0.6 is 0 Å². The first-order valence-electron chi connectivity index (χ1n) is 12.9. The number of nitrogens with one attached hydrogen (secondary N) is 1. The Balaban J connectivity index is 1.49. The van der Waals surface area contributed by atoms with E-state index in [1.165, 1.54) is 18.4 Å². The molecule has 2 aliphatic rings. The Morgan fingerprint density at radius 1 is 1.00 bits per heavy atom. The van der Waals surface area contributed by atoms with Crippen molar-refractivity contribution >= 4 is 28.3 Å². The molecule has 190 valence electrons. The fraction of sp³-hybridized carbons (Fsp3) is 0.290. The molecule has 1 atom stereocenters. The topological polar surface area (TPSA) is 66.5 Å². The molecule has 1 N–H and O–H groups in total. The van der Waals surface area contributed by atoms with Gasteiger partial charge in [0, 0.05) is 12.1 Å². The van der Waals surface area contributed by atoms with Crippen molar-refractivity contribution in [1.29, 1.82) is 0 Å². The molecule has 3 aromatic carbocycles. The summed E-state index contributed by atoms with van der Waals surface area (Å²) in [5, 5.41) is 3.03. The van der Waals surface area contributed by atoms with E-state index in [4.69, 9.17) is 0 Å². The van der Waals surface area contributed by atoms with E-state index in [0.717, 1.165) is 36.0 Å². The van der Waals surface area contributed by atoms with Crippen LogP contribution in [0.15, 0.2) is 82.1 Å². The third kappa shape index (κ3) is 5.30. The van der Waals surface area contributed by atoms with Gasteiger partial charge in [-0.2, -0.15) is 0 Å². The molecule has 0 fully saturated rings. The van der Waals surface area contributed by atoms with E-state index in [1.54, 1.807) is 47.4 Å². The van der Waals surface area contributed by atoms with Gasteiger partial charge in [-0.1, -0.05) is 47.5 Å². The minimum absolute atomic E-state index is 0.189. The summed E-state index contributed by atoms with van der Waals surface area (Å²) in [6, 6.07) is 18.4. The Morgan fingerprint density at radius 2 is 1.84 bits per heavy atom. The molecule has 37 heavy (non-hydrogen) atoms. The van der Waals surface area contributed by atoms with Crippen molar-refractivity contribution < 1.29 is 13.8 Å². The van der Waals surface area contributed by atoms with E-state index in [0.29, 0.717) is 39.7 Å². The number of hydrogen-bond donors (Lipinski definition) is 1. The van der Waals surface area contributed by atoms with Crippen LogP contribution < -0.4 is 10.2 Å². The molecule has 5 nitrogen and oxygen atoms in total. The Kier molecular flexibility index (Phi) is 7.38. The fourth-order valence-corrected chi connectivity index (χ4v) is 6.42. The number of aryl methyl sites for hydroxylation is 2. The lowest BCUT2D eigenvalue weighted by atomic mass is 9.97. The number of carbonyl (C=O) groups excluding carboxylic acids is 2. The lowest BCUT2D eigenvalue weighted by Gasteiger charge is -2.24. The Hall–Kier alpha value is -3.51. The summed E-state index contributed by atoms with van der Waals surface area (Å²) < 4.78 is 13.6. The smallest absolute Gasteiger partial charge is 0.259 e. The van der Waals surface area contributed by atoms with Crippen molar-refractivity contribution in [1.82, 2.24) is 5.32 Å². The van der Waals surface area contributed by atoms with Gasteiger partial charge < -0.3 is 10.2 Å². The van der Waals surface area contributed by atoms with E-state index < -0.39 is 10.8 Å². The van der Waals surface area contributed by atoms with E-state index in [1.807, 2.05) is 26.0 Å². The predicted molar refractivity (Wildman–Crippen MR) is 147 cm³/mol. The highest BCUT2D eigenvalue weighted by Crippen LogP contribution is 2.36. The van der Waals surface area contributed by atoms with Crippen LogP contribution in [0.3, 0.4) is 0 Å². The number of benzene rings is 3. The van der Waals surface area contributed by atoms with Crippen molar-refractivity contribution in [2.24, 2.45) is 0 Å². The molecule has 1 aliphatic carbocycles. The van der Waals surface area contributed by atoms with Crippen molar-refractivity contribution in [3.63, 3.8) is 0 Å². The summed E-state index contributed by atoms with van der Waals surface area (Å²) in [4.78, 5) is 29.7. The van der Waals surface area contributed by atoms with Crippen LogP contribution in [0.2, 0.25) is 0 Å². The number of nitrogens with zero attached hydrogens (tertiary/aromatic N) is 1. The summed E-state index contributed by atoms with van der Waals surface area (Å²) in [6.07, 6.45) is 7.84. The molecule has 0 spiro atoms. The lowest BCUT2D eigenvalue weighted by molar-refractivity contribution is 0.0950. The number of allylic oxidation sites excluding steroid dienone is 1. The first-order valence-corrected chi connectivity index (χ1v) is 14.1. The highest BCUT2D eigenvalue weighted by Gasteiger charge is 2.31. The second kappa shape index (κ2) is 10.9. The number of amides is 2. The van der Waals surface area contributed by atoms with Gasteiger partial charge in [0.05, 0.1) is 38.4 Å². The highest BCUT2D eigenvalue weighted by atomic mass is 32.2. The molecule has 0 bridgehead atoms. The molecule has 0 aromatic heterocycles. The Bertz CT molecular complexity index is 1430. The molecule has 0 radical (unpaired) electrons. The van der Waals surface area contributed by atoms with Crippen molar-refractivity contribution in [3.05, 3.63) is 100 Å². The number of hydrogen-bond acceptors (Lipinski definition) is 3. The van der Waals surface area contributed by atoms with Crippen LogP contribution in [-0.2, 0) is 17.3 Å². The Morgan fingerprint density at radius 3 is 2.65 bits per heavy atom. The van der Waals surface area contributed by atoms with Gasteiger partial charge in [0.25, 0.3) is 11.8 Å². The standard InChI is InChI=1S/C31H32N2O3S/c1-21-12-13-22(2)25(18-21)20-33-27-19-24(30(34)32-17-16-23-8-4-3-5-9-23)14-15-29(27)37(36)28-11-7-6-10-26(28)31(33)35/h6-8,10-15,18-19H,3-5,9,16-17,20H2,1-2H3,(H,32,34)/t37-/m1/s1. The van der Waals surface area contributed by atoms with Crippen molar-refractivity contribution in [2.45, 2.75) is 62.3 Å². The van der Waals surface area contributed by atoms with Crippen LogP contribution in [0, 0.1) is 13.8 Å². The first kappa shape index (κ1) is 25.2. The highest BCUT2D eigenvalue weighted by molar-refractivity contribution is 7.85. The zero-order chi connectivity index (χ0) is 25.9. The SMILES string of the molecule is Cc1ccc(C)c(CN2C(=O)c3ccccc3[S@@](=O)c3ccc(C(=O)NCCC4=CCCCC4)cc32)c1. The predicted octanol–water partition coefficient (Wildman–Crippen LogP) is 6.25. The van der Waals surface area contributed by atoms with Gasteiger partial charge in [0.15, 0.2) is 0 Å². The minimum atomic E-state index is -1.55. The summed E-state index contributed by atoms with van der Waals surface area (Å²) >= 11 is 0. The molecule has 5 rings (SSSR count). The molecule has 3 aromatic rings. The van der Waals surface area contributed by atoms with Gasteiger partial charge in [-0.05, 0) is 87.4 Å². The summed E-state index contributed by atoms with van der Waals surface area (Å²) in [6.45, 7) is 4.95. The zero-order valence-electron chi connectivity index (χ0n) is 21.4. The maximum atomic E-state index is 13.9. The first-order chi connectivity index (χ1) is 17.9. The molecule has 1 aliphatic heterocycles. The second-order valence-corrected chi connectivity index (χ2v) is 11.3. The summed E-state index contributed by atoms with van der Waals surface area (Å²) in [7, 11) is -1.55. The molecule has 1 heterocycles. The van der Waals surface area contributed by atoms with Crippen LogP contribution in [-0.4, -0.2) is 22.6 Å². The van der Waals surface area contributed by atoms with Crippen LogP contribution in [0.1, 0.15) is 69.5 Å². The third-order valence-electron chi connectivity index (χ3n) is 7.22. The maximum absolute atomic E-state index is 13.9. The van der Waals surface area contributed by atoms with Gasteiger partial charge in [0.1, 0.15) is 0 Å². The second-order valence-electron chi connectivity index (χ2n) is 9.88. The van der Waals surface area contributed by atoms with Crippen molar-refractivity contribution in [2.75, 3.05) is 11.4 Å². The number of fused-ring (bicyclic) bond motifs is 2. The van der Waals surface area contributed by atoms with Crippen LogP contribution in [0.25, 0.3) is 0 Å². The quantitative estimate of drug-likeness (QED) is 0.397. The molecule has 0 saturated heterocycles. The average Bonchev–Trinajstić information content (AvgIpc) is 3.00. The molecule has 0 unspecified atom stereocenters. The largest absolute Gasteiger partial charge is 0.352 e. The van der Waals surface area contributed by atoms with Gasteiger partial charge >= 0.3 is 0 Å². The number of rotatable bonds is 6. The zero-order valence-corrected chi connectivity index (χ0v) is 22.2. The van der Waals surface area contributed by atoms with Crippen molar-refractivity contribution in [3.8, 4) is 0 Å². The van der Waals surface area contributed by atoms with E-state index in [2.05, 4.69) is 17.5 Å². The molecule has 6 heteroatoms. The molecule has 0 saturated carbocycles. The molecular weight excluding hydrogens is 480 g/mol. The normalized spacial score (nSPS) is 16.9. The number of anilines is 1. The maximum Gasteiger partial charge on any atom is 0.259 e. The van der Waals surface area contributed by atoms with Crippen LogP contribution in [0.4, 0.5) is 5.69 Å². The lowest BCUT2D eigenvalue weighted by Crippen LogP contribution is -2.31. The fourth-order valence-electron chi connectivity index (χ4n) is 5.07. The molecule has 2 amide bonds. The van der Waals surface area contributed by atoms with E-state index in [-0.39, 0.29) is 11.8 Å². The van der Waals surface area contributed by atoms with E-state index in [9.17, 15) is 13.8 Å². The van der Waals surface area contributed by atoms with Gasteiger partial charge in [-0.25, -0.2) is 4.21 Å². The van der Waals surface area contributed by atoms with E-state index >= 15 is 0 Å².